The molecule has 0 saturated heterocycles. The Morgan fingerprint density at radius 1 is 0.958 bits per heavy atom. The number of rotatable bonds is 3. The molecule has 0 radical (unpaired) electrons. The number of carbonyl (C=O) groups excluding carboxylic acids is 2. The maximum Gasteiger partial charge on any atom is 0.284 e. The lowest BCUT2D eigenvalue weighted by Gasteiger charge is -2.02. The van der Waals surface area contributed by atoms with Crippen LogP contribution in [-0.2, 0) is 0 Å². The highest BCUT2D eigenvalue weighted by molar-refractivity contribution is 6.11. The number of aromatic nitrogens is 4. The normalized spacial score (nSPS) is 11.0. The van der Waals surface area contributed by atoms with Gasteiger partial charge in [0, 0.05) is 0 Å². The second kappa shape index (κ2) is 5.20. The molecule has 8 nitrogen and oxygen atoms in total. The summed E-state index contributed by atoms with van der Waals surface area (Å²) in [6.07, 6.45) is 0. The lowest BCUT2D eigenvalue weighted by molar-refractivity contribution is 0.0989. The molecule has 2 amide bonds. The lowest BCUT2D eigenvalue weighted by atomic mass is 10.2. The Balaban J connectivity index is 1.71. The summed E-state index contributed by atoms with van der Waals surface area (Å²) in [5.74, 6) is -0.712. The number of hydrogen-bond acceptors (Lipinski definition) is 4. The summed E-state index contributed by atoms with van der Waals surface area (Å²) in [5, 5.41) is 2.71. The molecule has 0 bridgehead atoms. The minimum Gasteiger partial charge on any atom is -0.363 e. The zero-order valence-corrected chi connectivity index (χ0v) is 12.3. The number of H-pyrrole nitrogens is 2. The van der Waals surface area contributed by atoms with E-state index in [0.29, 0.717) is 22.5 Å². The van der Waals surface area contributed by atoms with Gasteiger partial charge in [0.2, 0.25) is 5.95 Å². The largest absolute Gasteiger partial charge is 0.363 e. The molecule has 5 N–H and O–H groups in total. The molecule has 2 heterocycles. The van der Waals surface area contributed by atoms with Crippen LogP contribution in [0.3, 0.4) is 0 Å². The summed E-state index contributed by atoms with van der Waals surface area (Å²) in [7, 11) is 0. The molecule has 0 aliphatic heterocycles. The Bertz CT molecular complexity index is 1060. The van der Waals surface area contributed by atoms with E-state index < -0.39 is 5.91 Å². The number of carbonyl (C=O) groups is 2. The summed E-state index contributed by atoms with van der Waals surface area (Å²) < 4.78 is 0. The summed E-state index contributed by atoms with van der Waals surface area (Å²) in [6, 6.07) is 12.5. The number of amides is 2. The maximum atomic E-state index is 12.5. The van der Waals surface area contributed by atoms with Crippen molar-refractivity contribution in [2.75, 3.05) is 5.32 Å². The van der Waals surface area contributed by atoms with Gasteiger partial charge in [-0.1, -0.05) is 18.2 Å². The van der Waals surface area contributed by atoms with Gasteiger partial charge in [-0.25, -0.2) is 9.97 Å². The molecule has 2 aromatic heterocycles. The van der Waals surface area contributed by atoms with Gasteiger partial charge in [0.1, 0.15) is 0 Å². The van der Waals surface area contributed by atoms with Crippen LogP contribution in [0.2, 0.25) is 0 Å². The molecule has 0 atom stereocenters. The van der Waals surface area contributed by atoms with Crippen molar-refractivity contribution in [1.82, 2.24) is 19.9 Å². The maximum absolute atomic E-state index is 12.5. The quantitative estimate of drug-likeness (QED) is 0.458. The molecule has 2 aromatic carbocycles. The van der Waals surface area contributed by atoms with Crippen molar-refractivity contribution in [2.45, 2.75) is 0 Å². The molecule has 4 aromatic rings. The van der Waals surface area contributed by atoms with Gasteiger partial charge in [-0.2, -0.15) is 0 Å². The van der Waals surface area contributed by atoms with Crippen molar-refractivity contribution in [3.05, 3.63) is 53.9 Å². The SMILES string of the molecule is NC(=O)c1nc2cccc(C(=O)Nc3nc4ccccc4[nH]3)c2[nH]1. The topological polar surface area (TPSA) is 130 Å². The Kier molecular flexibility index (Phi) is 3.02. The number of hydrogen-bond donors (Lipinski definition) is 4. The molecule has 0 fully saturated rings. The molecule has 0 spiro atoms. The Morgan fingerprint density at radius 3 is 2.54 bits per heavy atom. The predicted octanol–water partition coefficient (Wildman–Crippen LogP) is 1.79. The fourth-order valence-corrected chi connectivity index (χ4v) is 2.52. The van der Waals surface area contributed by atoms with E-state index in [2.05, 4.69) is 25.3 Å². The molecule has 8 heteroatoms. The summed E-state index contributed by atoms with van der Waals surface area (Å²) in [4.78, 5) is 38.0. The van der Waals surface area contributed by atoms with Crippen LogP contribution in [0.4, 0.5) is 5.95 Å². The van der Waals surface area contributed by atoms with E-state index in [9.17, 15) is 9.59 Å². The number of nitrogens with two attached hydrogens (primary N) is 1. The van der Waals surface area contributed by atoms with Crippen LogP contribution in [0.5, 0.6) is 0 Å². The van der Waals surface area contributed by atoms with E-state index in [1.54, 1.807) is 18.2 Å². The van der Waals surface area contributed by atoms with Gasteiger partial charge < -0.3 is 15.7 Å². The van der Waals surface area contributed by atoms with Crippen LogP contribution in [-0.4, -0.2) is 31.8 Å². The van der Waals surface area contributed by atoms with Crippen LogP contribution in [0.1, 0.15) is 21.0 Å². The molecule has 0 aliphatic carbocycles. The van der Waals surface area contributed by atoms with E-state index in [1.165, 1.54) is 0 Å². The second-order valence-electron chi connectivity index (χ2n) is 5.21. The number of nitrogens with one attached hydrogen (secondary N) is 3. The van der Waals surface area contributed by atoms with E-state index >= 15 is 0 Å². The van der Waals surface area contributed by atoms with Crippen LogP contribution in [0.15, 0.2) is 42.5 Å². The second-order valence-corrected chi connectivity index (χ2v) is 5.21. The van der Waals surface area contributed by atoms with Crippen molar-refractivity contribution in [2.24, 2.45) is 5.73 Å². The molecule has 4 rings (SSSR count). The Hall–Kier alpha value is -3.68. The first-order valence-electron chi connectivity index (χ1n) is 7.16. The lowest BCUT2D eigenvalue weighted by Crippen LogP contribution is -2.14. The zero-order chi connectivity index (χ0) is 16.7. The van der Waals surface area contributed by atoms with Gasteiger partial charge in [0.15, 0.2) is 5.82 Å². The molecule has 118 valence electrons. The zero-order valence-electron chi connectivity index (χ0n) is 12.3. The minimum absolute atomic E-state index is 0.00832. The van der Waals surface area contributed by atoms with Crippen molar-refractivity contribution in [3.63, 3.8) is 0 Å². The first-order valence-corrected chi connectivity index (χ1v) is 7.16. The Morgan fingerprint density at radius 2 is 1.75 bits per heavy atom. The fourth-order valence-electron chi connectivity index (χ4n) is 2.52. The fraction of sp³-hybridized carbons (Fsp3) is 0. The van der Waals surface area contributed by atoms with Gasteiger partial charge in [-0.3, -0.25) is 14.9 Å². The molecule has 24 heavy (non-hydrogen) atoms. The average molecular weight is 320 g/mol. The number of primary amides is 1. The van der Waals surface area contributed by atoms with Crippen molar-refractivity contribution in [1.29, 1.82) is 0 Å². The predicted molar refractivity (Wildman–Crippen MR) is 88.7 cm³/mol. The summed E-state index contributed by atoms with van der Waals surface area (Å²) in [5.41, 5.74) is 8.07. The first kappa shape index (κ1) is 13.9. The van der Waals surface area contributed by atoms with Crippen molar-refractivity contribution < 1.29 is 9.59 Å². The number of benzene rings is 2. The molecule has 0 aliphatic rings. The third-order valence-electron chi connectivity index (χ3n) is 3.62. The third-order valence-corrected chi connectivity index (χ3v) is 3.62. The smallest absolute Gasteiger partial charge is 0.284 e. The summed E-state index contributed by atoms with van der Waals surface area (Å²) >= 11 is 0. The molecular weight excluding hydrogens is 308 g/mol. The van der Waals surface area contributed by atoms with Gasteiger partial charge >= 0.3 is 0 Å². The Labute approximate surface area is 135 Å². The van der Waals surface area contributed by atoms with E-state index in [-0.39, 0.29) is 11.7 Å². The van der Waals surface area contributed by atoms with Crippen LogP contribution in [0.25, 0.3) is 22.1 Å². The van der Waals surface area contributed by atoms with Crippen LogP contribution < -0.4 is 11.1 Å². The molecular formula is C16H12N6O2. The van der Waals surface area contributed by atoms with Crippen LogP contribution in [0, 0.1) is 0 Å². The highest BCUT2D eigenvalue weighted by Crippen LogP contribution is 2.19. The number of anilines is 1. The highest BCUT2D eigenvalue weighted by atomic mass is 16.2. The molecule has 0 saturated carbocycles. The number of para-hydroxylation sites is 3. The number of nitrogens with zero attached hydrogens (tertiary/aromatic N) is 2. The van der Waals surface area contributed by atoms with Gasteiger partial charge in [0.25, 0.3) is 11.8 Å². The number of aromatic amines is 2. The van der Waals surface area contributed by atoms with E-state index in [0.717, 1.165) is 11.0 Å². The standard InChI is InChI=1S/C16H12N6O2/c17-13(23)14-18-11-7-3-4-8(12(11)21-14)15(24)22-16-19-9-5-1-2-6-10(9)20-16/h1-7H,(H2,17,23)(H,18,21)(H2,19,20,22,24). The summed E-state index contributed by atoms with van der Waals surface area (Å²) in [6.45, 7) is 0. The monoisotopic (exact) mass is 320 g/mol. The first-order chi connectivity index (χ1) is 11.6. The molecule has 0 unspecified atom stereocenters. The van der Waals surface area contributed by atoms with Gasteiger partial charge in [-0.05, 0) is 24.3 Å². The van der Waals surface area contributed by atoms with E-state index in [4.69, 9.17) is 5.73 Å². The van der Waals surface area contributed by atoms with E-state index in [1.807, 2.05) is 24.3 Å². The minimum atomic E-state index is -0.685. The average Bonchev–Trinajstić information content (AvgIpc) is 3.17. The van der Waals surface area contributed by atoms with Gasteiger partial charge in [-0.15, -0.1) is 0 Å². The number of fused-ring (bicyclic) bond motifs is 2. The van der Waals surface area contributed by atoms with Crippen LogP contribution >= 0.6 is 0 Å². The number of imidazole rings is 2. The third kappa shape index (κ3) is 2.26. The van der Waals surface area contributed by atoms with Crippen molar-refractivity contribution >= 4 is 39.8 Å². The highest BCUT2D eigenvalue weighted by Gasteiger charge is 2.16. The van der Waals surface area contributed by atoms with Crippen molar-refractivity contribution in [3.8, 4) is 0 Å². The van der Waals surface area contributed by atoms with Gasteiger partial charge in [0.05, 0.1) is 27.6 Å².